The molecule has 0 radical (unpaired) electrons. The molecule has 0 aromatic heterocycles. The summed E-state index contributed by atoms with van der Waals surface area (Å²) in [6.07, 6.45) is -3.67. The van der Waals surface area contributed by atoms with E-state index in [9.17, 15) is 22.8 Å². The Hall–Kier alpha value is -1.27. The van der Waals surface area contributed by atoms with Crippen molar-refractivity contribution >= 4 is 11.9 Å². The molecule has 0 aromatic rings. The number of carboxylic acid groups (broad SMARTS) is 1. The van der Waals surface area contributed by atoms with Crippen LogP contribution in [0.5, 0.6) is 0 Å². The Morgan fingerprint density at radius 2 is 1.88 bits per heavy atom. The SMILES string of the molecule is C[C@@H](CCCCNC(=O)C(F)(F)F)C(=O)O. The van der Waals surface area contributed by atoms with Gasteiger partial charge in [-0.05, 0) is 12.8 Å². The fraction of sp³-hybridized carbons (Fsp3) is 0.778. The second-order valence-corrected chi connectivity index (χ2v) is 3.49. The summed E-state index contributed by atoms with van der Waals surface area (Å²) in [5, 5.41) is 10.2. The van der Waals surface area contributed by atoms with Crippen molar-refractivity contribution in [2.75, 3.05) is 6.54 Å². The first-order chi connectivity index (χ1) is 7.25. The van der Waals surface area contributed by atoms with E-state index < -0.39 is 24.0 Å². The molecule has 0 saturated heterocycles. The number of hydrogen-bond acceptors (Lipinski definition) is 2. The van der Waals surface area contributed by atoms with E-state index in [1.807, 2.05) is 0 Å². The van der Waals surface area contributed by atoms with Crippen molar-refractivity contribution in [3.05, 3.63) is 0 Å². The topological polar surface area (TPSA) is 66.4 Å². The maximum Gasteiger partial charge on any atom is 0.471 e. The molecule has 0 saturated carbocycles. The van der Waals surface area contributed by atoms with Crippen molar-refractivity contribution in [3.8, 4) is 0 Å². The standard InChI is InChI=1S/C9H14F3NO3/c1-6(7(14)15)4-2-3-5-13-8(16)9(10,11)12/h6H,2-5H2,1H3,(H,13,16)(H,14,15)/t6-/m0/s1. The van der Waals surface area contributed by atoms with Gasteiger partial charge in [0.2, 0.25) is 0 Å². The number of nitrogens with one attached hydrogen (secondary N) is 1. The van der Waals surface area contributed by atoms with Crippen LogP contribution in [0.15, 0.2) is 0 Å². The maximum absolute atomic E-state index is 11.7. The second kappa shape index (κ2) is 6.34. The van der Waals surface area contributed by atoms with Crippen molar-refractivity contribution in [1.82, 2.24) is 5.32 Å². The number of alkyl halides is 3. The Morgan fingerprint density at radius 1 is 1.31 bits per heavy atom. The summed E-state index contributed by atoms with van der Waals surface area (Å²) >= 11 is 0. The molecule has 0 aliphatic carbocycles. The second-order valence-electron chi connectivity index (χ2n) is 3.49. The average Bonchev–Trinajstić information content (AvgIpc) is 2.14. The van der Waals surface area contributed by atoms with Crippen molar-refractivity contribution < 1.29 is 27.9 Å². The predicted molar refractivity (Wildman–Crippen MR) is 49.7 cm³/mol. The number of halogens is 3. The van der Waals surface area contributed by atoms with Gasteiger partial charge in [-0.1, -0.05) is 13.3 Å². The first kappa shape index (κ1) is 14.7. The molecule has 0 heterocycles. The third-order valence-corrected chi connectivity index (χ3v) is 2.03. The summed E-state index contributed by atoms with van der Waals surface area (Å²) in [5.41, 5.74) is 0. The van der Waals surface area contributed by atoms with Crippen LogP contribution in [0, 0.1) is 5.92 Å². The summed E-state index contributed by atoms with van der Waals surface area (Å²) in [6.45, 7) is 1.43. The summed E-state index contributed by atoms with van der Waals surface area (Å²) in [4.78, 5) is 20.7. The summed E-state index contributed by atoms with van der Waals surface area (Å²) in [7, 11) is 0. The van der Waals surface area contributed by atoms with Crippen LogP contribution in [0.3, 0.4) is 0 Å². The van der Waals surface area contributed by atoms with Gasteiger partial charge < -0.3 is 10.4 Å². The van der Waals surface area contributed by atoms with E-state index >= 15 is 0 Å². The van der Waals surface area contributed by atoms with Gasteiger partial charge in [-0.15, -0.1) is 0 Å². The van der Waals surface area contributed by atoms with E-state index in [4.69, 9.17) is 5.11 Å². The maximum atomic E-state index is 11.7. The van der Waals surface area contributed by atoms with Gasteiger partial charge in [0.15, 0.2) is 0 Å². The number of amides is 1. The fourth-order valence-corrected chi connectivity index (χ4v) is 1.00. The molecule has 4 nitrogen and oxygen atoms in total. The molecule has 0 bridgehead atoms. The number of aliphatic carboxylic acids is 1. The first-order valence-electron chi connectivity index (χ1n) is 4.83. The quantitative estimate of drug-likeness (QED) is 0.693. The lowest BCUT2D eigenvalue weighted by Gasteiger charge is -2.08. The highest BCUT2D eigenvalue weighted by molar-refractivity contribution is 5.81. The number of carbonyl (C=O) groups is 2. The minimum absolute atomic E-state index is 0.0926. The molecule has 0 spiro atoms. The number of unbranched alkanes of at least 4 members (excludes halogenated alkanes) is 1. The Labute approximate surface area is 90.8 Å². The Balaban J connectivity index is 3.55. The highest BCUT2D eigenvalue weighted by Crippen LogP contribution is 2.14. The molecule has 0 rings (SSSR count). The number of rotatable bonds is 6. The molecule has 0 aliphatic heterocycles. The van der Waals surface area contributed by atoms with E-state index in [0.717, 1.165) is 0 Å². The monoisotopic (exact) mass is 241 g/mol. The van der Waals surface area contributed by atoms with Gasteiger partial charge in [0.25, 0.3) is 0 Å². The van der Waals surface area contributed by atoms with E-state index in [1.54, 1.807) is 5.32 Å². The zero-order chi connectivity index (χ0) is 12.8. The molecular weight excluding hydrogens is 227 g/mol. The molecule has 1 amide bonds. The van der Waals surface area contributed by atoms with Gasteiger partial charge in [0, 0.05) is 6.54 Å². The smallest absolute Gasteiger partial charge is 0.471 e. The van der Waals surface area contributed by atoms with Gasteiger partial charge in [0.1, 0.15) is 0 Å². The van der Waals surface area contributed by atoms with Crippen LogP contribution < -0.4 is 5.32 Å². The summed E-state index contributed by atoms with van der Waals surface area (Å²) in [6, 6.07) is 0. The highest BCUT2D eigenvalue weighted by Gasteiger charge is 2.38. The third-order valence-electron chi connectivity index (χ3n) is 2.03. The summed E-state index contributed by atoms with van der Waals surface area (Å²) in [5.74, 6) is -3.41. The molecule has 1 atom stereocenters. The highest BCUT2D eigenvalue weighted by atomic mass is 19.4. The lowest BCUT2D eigenvalue weighted by Crippen LogP contribution is -2.37. The number of carboxylic acids is 1. The first-order valence-corrected chi connectivity index (χ1v) is 4.83. The van der Waals surface area contributed by atoms with Gasteiger partial charge >= 0.3 is 18.1 Å². The predicted octanol–water partition coefficient (Wildman–Crippen LogP) is 1.56. The van der Waals surface area contributed by atoms with E-state index in [-0.39, 0.29) is 6.54 Å². The minimum Gasteiger partial charge on any atom is -0.481 e. The molecule has 94 valence electrons. The lowest BCUT2D eigenvalue weighted by molar-refractivity contribution is -0.173. The largest absolute Gasteiger partial charge is 0.481 e. The van der Waals surface area contributed by atoms with Gasteiger partial charge in [0.05, 0.1) is 5.92 Å². The molecule has 7 heteroatoms. The van der Waals surface area contributed by atoms with Crippen molar-refractivity contribution in [1.29, 1.82) is 0 Å². The van der Waals surface area contributed by atoms with Gasteiger partial charge in [-0.25, -0.2) is 0 Å². The number of hydrogen-bond donors (Lipinski definition) is 2. The molecule has 0 fully saturated rings. The molecule has 0 aliphatic rings. The molecule has 0 aromatic carbocycles. The normalized spacial score (nSPS) is 13.2. The minimum atomic E-state index is -4.85. The van der Waals surface area contributed by atoms with Gasteiger partial charge in [-0.3, -0.25) is 9.59 Å². The van der Waals surface area contributed by atoms with Crippen molar-refractivity contribution in [2.24, 2.45) is 5.92 Å². The lowest BCUT2D eigenvalue weighted by atomic mass is 10.0. The van der Waals surface area contributed by atoms with Crippen molar-refractivity contribution in [3.63, 3.8) is 0 Å². The number of carbonyl (C=O) groups excluding carboxylic acids is 1. The summed E-state index contributed by atoms with van der Waals surface area (Å²) < 4.78 is 35.1. The van der Waals surface area contributed by atoms with Crippen molar-refractivity contribution in [2.45, 2.75) is 32.4 Å². The van der Waals surface area contributed by atoms with Crippen LogP contribution in [0.2, 0.25) is 0 Å². The van der Waals surface area contributed by atoms with E-state index in [1.165, 1.54) is 6.92 Å². The average molecular weight is 241 g/mol. The molecular formula is C9H14F3NO3. The molecule has 16 heavy (non-hydrogen) atoms. The Morgan fingerprint density at radius 3 is 2.31 bits per heavy atom. The van der Waals surface area contributed by atoms with E-state index in [2.05, 4.69) is 0 Å². The van der Waals surface area contributed by atoms with Crippen LogP contribution in [-0.4, -0.2) is 29.7 Å². The Bertz CT molecular complexity index is 253. The van der Waals surface area contributed by atoms with Crippen LogP contribution in [0.25, 0.3) is 0 Å². The molecule has 0 unspecified atom stereocenters. The molecule has 2 N–H and O–H groups in total. The Kier molecular flexibility index (Phi) is 5.84. The van der Waals surface area contributed by atoms with Gasteiger partial charge in [-0.2, -0.15) is 13.2 Å². The van der Waals surface area contributed by atoms with Crippen LogP contribution in [0.1, 0.15) is 26.2 Å². The zero-order valence-corrected chi connectivity index (χ0v) is 8.80. The van der Waals surface area contributed by atoms with Crippen LogP contribution in [-0.2, 0) is 9.59 Å². The van der Waals surface area contributed by atoms with E-state index in [0.29, 0.717) is 19.3 Å². The van der Waals surface area contributed by atoms with Crippen LogP contribution >= 0.6 is 0 Å². The fourth-order valence-electron chi connectivity index (χ4n) is 1.00. The zero-order valence-electron chi connectivity index (χ0n) is 8.80. The third kappa shape index (κ3) is 6.26. The van der Waals surface area contributed by atoms with Crippen LogP contribution in [0.4, 0.5) is 13.2 Å².